The van der Waals surface area contributed by atoms with Crippen LogP contribution in [0.25, 0.3) is 0 Å². The maximum Gasteiger partial charge on any atom is 0.213 e. The van der Waals surface area contributed by atoms with Gasteiger partial charge in [0.05, 0.1) is 26.0 Å². The summed E-state index contributed by atoms with van der Waals surface area (Å²) < 4.78 is 17.3. The van der Waals surface area contributed by atoms with Crippen LogP contribution in [0.15, 0.2) is 71.8 Å². The van der Waals surface area contributed by atoms with Gasteiger partial charge in [-0.05, 0) is 36.2 Å². The quantitative estimate of drug-likeness (QED) is 0.552. The van der Waals surface area contributed by atoms with Gasteiger partial charge >= 0.3 is 0 Å². The van der Waals surface area contributed by atoms with Crippen molar-refractivity contribution < 1.29 is 14.2 Å². The van der Waals surface area contributed by atoms with Crippen molar-refractivity contribution in [2.45, 2.75) is 32.0 Å². The fourth-order valence-corrected chi connectivity index (χ4v) is 4.36. The second kappa shape index (κ2) is 7.99. The van der Waals surface area contributed by atoms with E-state index in [1.165, 1.54) is 11.1 Å². The standard InChI is InChI=1S/C26H26N2O3/c1-4-17-9-11-18(12-10-17)26-28-22(20-7-5-6-8-23(20)31-26)16-21(27-28)19-13-14-24(29-2)25(15-19)30-3/h5-15,22,26H,4,16H2,1-3H3/t22-,26-/m1/s1. The van der Waals surface area contributed by atoms with Crippen molar-refractivity contribution in [2.24, 2.45) is 5.10 Å². The van der Waals surface area contributed by atoms with Crippen LogP contribution in [0, 0.1) is 0 Å². The minimum atomic E-state index is -0.261. The Morgan fingerprint density at radius 2 is 1.74 bits per heavy atom. The molecule has 0 radical (unpaired) electrons. The molecular weight excluding hydrogens is 388 g/mol. The molecule has 158 valence electrons. The Balaban J connectivity index is 1.55. The van der Waals surface area contributed by atoms with Crippen molar-refractivity contribution >= 4 is 5.71 Å². The third-order valence-electron chi connectivity index (χ3n) is 6.09. The van der Waals surface area contributed by atoms with Crippen LogP contribution >= 0.6 is 0 Å². The van der Waals surface area contributed by atoms with Crippen LogP contribution in [0.2, 0.25) is 0 Å². The largest absolute Gasteiger partial charge is 0.493 e. The molecule has 3 aromatic rings. The second-order valence-corrected chi connectivity index (χ2v) is 7.82. The fraction of sp³-hybridized carbons (Fsp3) is 0.269. The van der Waals surface area contributed by atoms with Gasteiger partial charge in [-0.3, -0.25) is 0 Å². The number of fused-ring (bicyclic) bond motifs is 3. The Morgan fingerprint density at radius 3 is 2.48 bits per heavy atom. The van der Waals surface area contributed by atoms with Gasteiger partial charge in [-0.1, -0.05) is 49.4 Å². The summed E-state index contributed by atoms with van der Waals surface area (Å²) in [7, 11) is 3.30. The van der Waals surface area contributed by atoms with E-state index in [-0.39, 0.29) is 12.3 Å². The van der Waals surface area contributed by atoms with Crippen LogP contribution in [0.3, 0.4) is 0 Å². The van der Waals surface area contributed by atoms with Crippen molar-refractivity contribution in [3.05, 3.63) is 89.0 Å². The number of benzene rings is 3. The molecule has 3 aromatic carbocycles. The average Bonchev–Trinajstić information content (AvgIpc) is 3.29. The number of para-hydroxylation sites is 1. The van der Waals surface area contributed by atoms with E-state index in [0.717, 1.165) is 35.4 Å². The first-order valence-corrected chi connectivity index (χ1v) is 10.6. The van der Waals surface area contributed by atoms with Gasteiger partial charge in [-0.15, -0.1) is 0 Å². The lowest BCUT2D eigenvalue weighted by Gasteiger charge is -2.38. The highest BCUT2D eigenvalue weighted by molar-refractivity contribution is 6.02. The molecule has 0 spiro atoms. The average molecular weight is 415 g/mol. The van der Waals surface area contributed by atoms with Crippen LogP contribution in [0.4, 0.5) is 0 Å². The Morgan fingerprint density at radius 1 is 0.968 bits per heavy atom. The highest BCUT2D eigenvalue weighted by atomic mass is 16.5. The molecule has 2 atom stereocenters. The summed E-state index contributed by atoms with van der Waals surface area (Å²) >= 11 is 0. The monoisotopic (exact) mass is 414 g/mol. The molecule has 2 aliphatic heterocycles. The molecule has 0 N–H and O–H groups in total. The van der Waals surface area contributed by atoms with Crippen molar-refractivity contribution in [3.8, 4) is 17.2 Å². The SMILES string of the molecule is CCc1ccc([C@H]2Oc3ccccc3[C@H]3CC(c4ccc(OC)c(OC)c4)=NN32)cc1. The maximum atomic E-state index is 6.45. The fourth-order valence-electron chi connectivity index (χ4n) is 4.36. The van der Waals surface area contributed by atoms with Gasteiger partial charge in [0.1, 0.15) is 5.75 Å². The number of methoxy groups -OCH3 is 2. The maximum absolute atomic E-state index is 6.45. The zero-order valence-electron chi connectivity index (χ0n) is 18.0. The van der Waals surface area contributed by atoms with Gasteiger partial charge in [-0.2, -0.15) is 5.10 Å². The van der Waals surface area contributed by atoms with E-state index in [1.54, 1.807) is 14.2 Å². The molecule has 0 saturated heterocycles. The van der Waals surface area contributed by atoms with Gasteiger partial charge in [0.25, 0.3) is 0 Å². The first kappa shape index (κ1) is 19.5. The minimum Gasteiger partial charge on any atom is -0.493 e. The molecule has 0 unspecified atom stereocenters. The van der Waals surface area contributed by atoms with Gasteiger partial charge in [0, 0.05) is 23.1 Å². The van der Waals surface area contributed by atoms with Gasteiger partial charge in [0.2, 0.25) is 6.23 Å². The van der Waals surface area contributed by atoms with Crippen LogP contribution in [-0.4, -0.2) is 24.9 Å². The van der Waals surface area contributed by atoms with Gasteiger partial charge < -0.3 is 14.2 Å². The molecule has 0 bridgehead atoms. The van der Waals surface area contributed by atoms with E-state index < -0.39 is 0 Å². The Bertz CT molecular complexity index is 1120. The third-order valence-corrected chi connectivity index (χ3v) is 6.09. The van der Waals surface area contributed by atoms with Crippen molar-refractivity contribution in [1.82, 2.24) is 5.01 Å². The molecule has 0 amide bonds. The molecule has 0 fully saturated rings. The molecule has 0 aromatic heterocycles. The summed E-state index contributed by atoms with van der Waals surface area (Å²) in [6.07, 6.45) is 1.56. The molecular formula is C26H26N2O3. The molecule has 5 nitrogen and oxygen atoms in total. The van der Waals surface area contributed by atoms with Crippen LogP contribution in [0.5, 0.6) is 17.2 Å². The summed E-state index contributed by atoms with van der Waals surface area (Å²) in [4.78, 5) is 0. The lowest BCUT2D eigenvalue weighted by Crippen LogP contribution is -2.33. The molecule has 0 aliphatic carbocycles. The zero-order valence-corrected chi connectivity index (χ0v) is 18.0. The number of nitrogens with zero attached hydrogens (tertiary/aromatic N) is 2. The normalized spacial score (nSPS) is 19.2. The van der Waals surface area contributed by atoms with Gasteiger partial charge in [-0.25, -0.2) is 5.01 Å². The summed E-state index contributed by atoms with van der Waals surface area (Å²) in [6, 6.07) is 23.0. The number of hydrogen-bond donors (Lipinski definition) is 0. The lowest BCUT2D eigenvalue weighted by molar-refractivity contribution is -0.0190. The highest BCUT2D eigenvalue weighted by Crippen LogP contribution is 2.47. The van der Waals surface area contributed by atoms with E-state index in [9.17, 15) is 0 Å². The van der Waals surface area contributed by atoms with E-state index in [4.69, 9.17) is 19.3 Å². The first-order chi connectivity index (χ1) is 15.2. The first-order valence-electron chi connectivity index (χ1n) is 10.6. The third kappa shape index (κ3) is 3.40. The highest BCUT2D eigenvalue weighted by Gasteiger charge is 2.40. The van der Waals surface area contributed by atoms with Crippen molar-refractivity contribution in [1.29, 1.82) is 0 Å². The second-order valence-electron chi connectivity index (χ2n) is 7.82. The smallest absolute Gasteiger partial charge is 0.213 e. The summed E-state index contributed by atoms with van der Waals surface area (Å²) in [5.41, 5.74) is 5.63. The van der Waals surface area contributed by atoms with E-state index in [1.807, 2.05) is 24.3 Å². The molecule has 0 saturated carbocycles. The molecule has 5 rings (SSSR count). The number of hydrogen-bond acceptors (Lipinski definition) is 5. The van der Waals surface area contributed by atoms with Crippen molar-refractivity contribution in [2.75, 3.05) is 14.2 Å². The Kier molecular flexibility index (Phi) is 5.02. The van der Waals surface area contributed by atoms with Crippen molar-refractivity contribution in [3.63, 3.8) is 0 Å². The van der Waals surface area contributed by atoms with Crippen LogP contribution in [0.1, 0.15) is 47.9 Å². The Labute approximate surface area is 182 Å². The molecule has 2 aliphatic rings. The number of hydrazone groups is 1. The zero-order chi connectivity index (χ0) is 21.4. The van der Waals surface area contributed by atoms with Gasteiger partial charge in [0.15, 0.2) is 11.5 Å². The number of rotatable bonds is 5. The van der Waals surface area contributed by atoms with E-state index in [2.05, 4.69) is 54.4 Å². The van der Waals surface area contributed by atoms with E-state index in [0.29, 0.717) is 11.5 Å². The van der Waals surface area contributed by atoms with Crippen LogP contribution < -0.4 is 14.2 Å². The summed E-state index contributed by atoms with van der Waals surface area (Å²) in [5.74, 6) is 2.35. The predicted octanol–water partition coefficient (Wildman–Crippen LogP) is 5.51. The molecule has 2 heterocycles. The lowest BCUT2D eigenvalue weighted by atomic mass is 9.95. The Hall–Kier alpha value is -3.47. The summed E-state index contributed by atoms with van der Waals surface area (Å²) in [6.45, 7) is 2.17. The topological polar surface area (TPSA) is 43.3 Å². The predicted molar refractivity (Wildman–Crippen MR) is 121 cm³/mol. The van der Waals surface area contributed by atoms with Crippen LogP contribution in [-0.2, 0) is 6.42 Å². The number of ether oxygens (including phenoxy) is 3. The molecule has 5 heteroatoms. The summed E-state index contributed by atoms with van der Waals surface area (Å²) in [5, 5.41) is 7.15. The van der Waals surface area contributed by atoms with E-state index >= 15 is 0 Å². The number of aryl methyl sites for hydroxylation is 1. The molecule has 31 heavy (non-hydrogen) atoms. The minimum absolute atomic E-state index is 0.129.